The summed E-state index contributed by atoms with van der Waals surface area (Å²) in [5.41, 5.74) is 1.40. The number of H-pyrrole nitrogens is 1. The molecule has 2 N–H and O–H groups in total. The molecule has 0 unspecified atom stereocenters. The van der Waals surface area contributed by atoms with Crippen LogP contribution in [0.4, 0.5) is 5.69 Å². The Bertz CT molecular complexity index is 1050. The number of benzene rings is 1. The number of esters is 1. The van der Waals surface area contributed by atoms with Gasteiger partial charge in [-0.1, -0.05) is 11.6 Å². The Balaban J connectivity index is 1.92. The quantitative estimate of drug-likeness (QED) is 0.658. The van der Waals surface area contributed by atoms with E-state index in [0.29, 0.717) is 21.6 Å². The van der Waals surface area contributed by atoms with Crippen LogP contribution < -0.4 is 4.72 Å². The smallest absolute Gasteiger partial charge is 0.327 e. The zero-order valence-electron chi connectivity index (χ0n) is 13.4. The van der Waals surface area contributed by atoms with Crippen LogP contribution in [0, 0.1) is 6.92 Å². The molecule has 10 heteroatoms. The van der Waals surface area contributed by atoms with Crippen LogP contribution in [0.5, 0.6) is 0 Å². The predicted molar refractivity (Wildman–Crippen MR) is 93.1 cm³/mol. The molecule has 0 spiro atoms. The normalized spacial score (nSPS) is 11.6. The predicted octanol–water partition coefficient (Wildman–Crippen LogP) is 2.30. The number of carbonyl (C=O) groups excluding carboxylic acids is 1. The van der Waals surface area contributed by atoms with Gasteiger partial charge in [-0.15, -0.1) is 0 Å². The first-order chi connectivity index (χ1) is 11.8. The number of ether oxygens (including phenoxy) is 1. The minimum Gasteiger partial charge on any atom is -0.468 e. The number of hydrogen-bond acceptors (Lipinski definition) is 5. The van der Waals surface area contributed by atoms with Crippen molar-refractivity contribution in [3.8, 4) is 0 Å². The molecule has 132 valence electrons. The molecule has 0 aliphatic heterocycles. The van der Waals surface area contributed by atoms with Crippen LogP contribution in [0.3, 0.4) is 0 Å². The summed E-state index contributed by atoms with van der Waals surface area (Å²) in [6, 6.07) is 4.90. The van der Waals surface area contributed by atoms with Crippen molar-refractivity contribution in [1.29, 1.82) is 0 Å². The highest BCUT2D eigenvalue weighted by Gasteiger charge is 2.21. The van der Waals surface area contributed by atoms with E-state index in [0.717, 1.165) is 0 Å². The number of nitrogens with one attached hydrogen (secondary N) is 2. The minimum absolute atomic E-state index is 0.0966. The van der Waals surface area contributed by atoms with Crippen LogP contribution in [-0.2, 0) is 26.1 Å². The maximum Gasteiger partial charge on any atom is 0.327 e. The van der Waals surface area contributed by atoms with Crippen LogP contribution in [-0.4, -0.2) is 36.3 Å². The molecule has 3 aromatic rings. The first kappa shape index (κ1) is 17.3. The van der Waals surface area contributed by atoms with E-state index >= 15 is 0 Å². The Morgan fingerprint density at radius 2 is 2.20 bits per heavy atom. The molecular formula is C15H15ClN4O4S. The third-order valence-corrected chi connectivity index (χ3v) is 5.39. The molecule has 0 bridgehead atoms. The standard InChI is InChI=1S/C15H15ClN4O4S/c1-9-13(6-18-20(9)8-15(21)24-2)19-25(22,23)14-7-17-12-5-10(16)3-4-11(12)14/h3-7,17,19H,8H2,1-2H3. The fourth-order valence-electron chi connectivity index (χ4n) is 2.39. The SMILES string of the molecule is COC(=O)Cn1ncc(NS(=O)(=O)c2c[nH]c3cc(Cl)ccc23)c1C. The molecule has 2 heterocycles. The highest BCUT2D eigenvalue weighted by atomic mass is 35.5. The van der Waals surface area contributed by atoms with Crippen LogP contribution in [0.2, 0.25) is 5.02 Å². The van der Waals surface area contributed by atoms with Gasteiger partial charge in [-0.05, 0) is 25.1 Å². The molecule has 8 nitrogen and oxygen atoms in total. The fraction of sp³-hybridized carbons (Fsp3) is 0.200. The van der Waals surface area contributed by atoms with E-state index in [2.05, 4.69) is 19.5 Å². The molecule has 0 radical (unpaired) electrons. The second-order valence-electron chi connectivity index (χ2n) is 5.33. The van der Waals surface area contributed by atoms with E-state index in [1.807, 2.05) is 0 Å². The highest BCUT2D eigenvalue weighted by Crippen LogP contribution is 2.27. The van der Waals surface area contributed by atoms with Crippen molar-refractivity contribution < 1.29 is 17.9 Å². The van der Waals surface area contributed by atoms with E-state index < -0.39 is 16.0 Å². The number of nitrogens with zero attached hydrogens (tertiary/aromatic N) is 2. The molecule has 0 fully saturated rings. The van der Waals surface area contributed by atoms with Gasteiger partial charge in [0.05, 0.1) is 24.7 Å². The number of fused-ring (bicyclic) bond motifs is 1. The van der Waals surface area contributed by atoms with Crippen LogP contribution >= 0.6 is 11.6 Å². The number of carbonyl (C=O) groups is 1. The molecule has 0 saturated carbocycles. The summed E-state index contributed by atoms with van der Waals surface area (Å²) in [7, 11) is -2.57. The molecule has 0 amide bonds. The largest absolute Gasteiger partial charge is 0.468 e. The van der Waals surface area contributed by atoms with E-state index in [-0.39, 0.29) is 17.1 Å². The number of sulfonamides is 1. The average Bonchev–Trinajstić information content (AvgIpc) is 3.13. The Morgan fingerprint density at radius 1 is 1.44 bits per heavy atom. The maximum atomic E-state index is 12.7. The summed E-state index contributed by atoms with van der Waals surface area (Å²) in [4.78, 5) is 14.3. The van der Waals surface area contributed by atoms with Gasteiger partial charge in [-0.2, -0.15) is 5.10 Å². The maximum absolute atomic E-state index is 12.7. The number of halogens is 1. The molecule has 25 heavy (non-hydrogen) atoms. The number of aromatic nitrogens is 3. The van der Waals surface area contributed by atoms with Gasteiger partial charge in [0, 0.05) is 22.1 Å². The second kappa shape index (κ2) is 6.41. The topological polar surface area (TPSA) is 106 Å². The van der Waals surface area contributed by atoms with Crippen molar-refractivity contribution in [1.82, 2.24) is 14.8 Å². The summed E-state index contributed by atoms with van der Waals surface area (Å²) in [5, 5.41) is 5.04. The summed E-state index contributed by atoms with van der Waals surface area (Å²) < 4.78 is 33.9. The van der Waals surface area contributed by atoms with Gasteiger partial charge in [0.1, 0.15) is 11.4 Å². The van der Waals surface area contributed by atoms with Gasteiger partial charge in [0.2, 0.25) is 0 Å². The van der Waals surface area contributed by atoms with Crippen molar-refractivity contribution in [3.05, 3.63) is 41.3 Å². The van der Waals surface area contributed by atoms with Crippen LogP contribution in [0.15, 0.2) is 35.5 Å². The van der Waals surface area contributed by atoms with Crippen LogP contribution in [0.25, 0.3) is 10.9 Å². The lowest BCUT2D eigenvalue weighted by atomic mass is 10.2. The van der Waals surface area contributed by atoms with Crippen molar-refractivity contribution in [2.45, 2.75) is 18.4 Å². The Kier molecular flexibility index (Phi) is 4.44. The van der Waals surface area contributed by atoms with Gasteiger partial charge >= 0.3 is 5.97 Å². The van der Waals surface area contributed by atoms with E-state index in [1.165, 1.54) is 24.2 Å². The first-order valence-corrected chi connectivity index (χ1v) is 9.06. The molecule has 1 aromatic carbocycles. The molecule has 0 saturated heterocycles. The second-order valence-corrected chi connectivity index (χ2v) is 7.41. The molecular weight excluding hydrogens is 368 g/mol. The zero-order chi connectivity index (χ0) is 18.2. The van der Waals surface area contributed by atoms with Crippen molar-refractivity contribution in [2.75, 3.05) is 11.8 Å². The lowest BCUT2D eigenvalue weighted by Gasteiger charge is -2.07. The Labute approximate surface area is 148 Å². The molecule has 0 aliphatic carbocycles. The van der Waals surface area contributed by atoms with Gasteiger partial charge in [0.15, 0.2) is 0 Å². The van der Waals surface area contributed by atoms with E-state index in [9.17, 15) is 13.2 Å². The molecule has 3 rings (SSSR count). The summed E-state index contributed by atoms with van der Waals surface area (Å²) >= 11 is 5.92. The third kappa shape index (κ3) is 3.33. The van der Waals surface area contributed by atoms with Gasteiger partial charge in [-0.3, -0.25) is 14.2 Å². The first-order valence-electron chi connectivity index (χ1n) is 7.20. The summed E-state index contributed by atoms with van der Waals surface area (Å²) in [6.07, 6.45) is 2.75. The summed E-state index contributed by atoms with van der Waals surface area (Å²) in [5.74, 6) is -0.478. The monoisotopic (exact) mass is 382 g/mol. The summed E-state index contributed by atoms with van der Waals surface area (Å²) in [6.45, 7) is 1.55. The van der Waals surface area contributed by atoms with Crippen molar-refractivity contribution in [3.63, 3.8) is 0 Å². The van der Waals surface area contributed by atoms with Crippen LogP contribution in [0.1, 0.15) is 5.69 Å². The zero-order valence-corrected chi connectivity index (χ0v) is 15.0. The fourth-order valence-corrected chi connectivity index (χ4v) is 3.84. The molecule has 0 atom stereocenters. The van der Waals surface area contributed by atoms with Crippen molar-refractivity contribution >= 4 is 44.2 Å². The lowest BCUT2D eigenvalue weighted by molar-refractivity contribution is -0.141. The molecule has 0 aliphatic rings. The Morgan fingerprint density at radius 3 is 2.92 bits per heavy atom. The number of aromatic amines is 1. The Hall–Kier alpha value is -2.52. The van der Waals surface area contributed by atoms with Gasteiger partial charge in [0.25, 0.3) is 10.0 Å². The molecule has 2 aromatic heterocycles. The van der Waals surface area contributed by atoms with Gasteiger partial charge < -0.3 is 9.72 Å². The lowest BCUT2D eigenvalue weighted by Crippen LogP contribution is -2.15. The minimum atomic E-state index is -3.85. The number of methoxy groups -OCH3 is 1. The number of anilines is 1. The number of hydrogen-bond donors (Lipinski definition) is 2. The van der Waals surface area contributed by atoms with Gasteiger partial charge in [-0.25, -0.2) is 8.42 Å². The van der Waals surface area contributed by atoms with E-state index in [4.69, 9.17) is 11.6 Å². The average molecular weight is 383 g/mol. The highest BCUT2D eigenvalue weighted by molar-refractivity contribution is 7.93. The van der Waals surface area contributed by atoms with E-state index in [1.54, 1.807) is 25.1 Å². The third-order valence-electron chi connectivity index (χ3n) is 3.75. The number of rotatable bonds is 5. The van der Waals surface area contributed by atoms with Crippen molar-refractivity contribution in [2.24, 2.45) is 0 Å².